The zero-order chi connectivity index (χ0) is 18.5. The van der Waals surface area contributed by atoms with Crippen molar-refractivity contribution in [3.63, 3.8) is 0 Å². The highest BCUT2D eigenvalue weighted by atomic mass is 19.1. The lowest BCUT2D eigenvalue weighted by Crippen LogP contribution is -2.41. The SMILES string of the molecule is CCc1ccc(C(=O)NNC(=O)c2ccc(-c3ccccc3F)o2)cc1. The molecule has 0 fully saturated rings. The Morgan fingerprint density at radius 1 is 0.923 bits per heavy atom. The lowest BCUT2D eigenvalue weighted by molar-refractivity contribution is 0.0831. The first kappa shape index (κ1) is 17.4. The molecule has 0 unspecified atom stereocenters. The molecule has 0 radical (unpaired) electrons. The van der Waals surface area contributed by atoms with Crippen molar-refractivity contribution >= 4 is 11.8 Å². The van der Waals surface area contributed by atoms with Crippen molar-refractivity contribution in [1.29, 1.82) is 0 Å². The Kier molecular flexibility index (Phi) is 5.12. The van der Waals surface area contributed by atoms with Crippen LogP contribution in [0.4, 0.5) is 4.39 Å². The number of hydrogen-bond acceptors (Lipinski definition) is 3. The number of nitrogens with one attached hydrogen (secondary N) is 2. The van der Waals surface area contributed by atoms with E-state index in [1.807, 2.05) is 19.1 Å². The predicted molar refractivity (Wildman–Crippen MR) is 94.9 cm³/mol. The van der Waals surface area contributed by atoms with Crippen LogP contribution in [-0.2, 0) is 6.42 Å². The molecule has 2 aromatic carbocycles. The average molecular weight is 352 g/mol. The number of amides is 2. The summed E-state index contributed by atoms with van der Waals surface area (Å²) in [6, 6.07) is 16.1. The molecule has 5 nitrogen and oxygen atoms in total. The largest absolute Gasteiger partial charge is 0.451 e. The molecular formula is C20H17FN2O3. The molecule has 0 aliphatic rings. The van der Waals surface area contributed by atoms with E-state index in [2.05, 4.69) is 10.9 Å². The first-order chi connectivity index (χ1) is 12.6. The number of rotatable bonds is 4. The molecular weight excluding hydrogens is 335 g/mol. The van der Waals surface area contributed by atoms with Crippen molar-refractivity contribution in [2.24, 2.45) is 0 Å². The summed E-state index contributed by atoms with van der Waals surface area (Å²) in [7, 11) is 0. The minimum Gasteiger partial charge on any atom is -0.451 e. The lowest BCUT2D eigenvalue weighted by Gasteiger charge is -2.06. The monoisotopic (exact) mass is 352 g/mol. The van der Waals surface area contributed by atoms with E-state index >= 15 is 0 Å². The number of halogens is 1. The molecule has 3 aromatic rings. The molecule has 132 valence electrons. The van der Waals surface area contributed by atoms with E-state index in [1.54, 1.807) is 30.3 Å². The van der Waals surface area contributed by atoms with Gasteiger partial charge in [0, 0.05) is 5.56 Å². The molecule has 0 aliphatic heterocycles. The Hall–Kier alpha value is -3.41. The van der Waals surface area contributed by atoms with Gasteiger partial charge >= 0.3 is 5.91 Å². The fraction of sp³-hybridized carbons (Fsp3) is 0.100. The standard InChI is InChI=1S/C20H17FN2O3/c1-2-13-7-9-14(10-8-13)19(24)22-23-20(25)18-12-11-17(26-18)15-5-3-4-6-16(15)21/h3-12H,2H2,1H3,(H,22,24)(H,23,25). The molecule has 0 saturated heterocycles. The number of hydrazine groups is 1. The van der Waals surface area contributed by atoms with Crippen molar-refractivity contribution in [3.8, 4) is 11.3 Å². The van der Waals surface area contributed by atoms with Crippen molar-refractivity contribution < 1.29 is 18.4 Å². The maximum atomic E-state index is 13.8. The van der Waals surface area contributed by atoms with Crippen LogP contribution in [0.3, 0.4) is 0 Å². The lowest BCUT2D eigenvalue weighted by atomic mass is 10.1. The summed E-state index contributed by atoms with van der Waals surface area (Å²) in [6.45, 7) is 2.02. The third kappa shape index (κ3) is 3.80. The van der Waals surface area contributed by atoms with Crippen molar-refractivity contribution in [1.82, 2.24) is 10.9 Å². The summed E-state index contributed by atoms with van der Waals surface area (Å²) in [5.74, 6) is -1.33. The fourth-order valence-corrected chi connectivity index (χ4v) is 2.40. The average Bonchev–Trinajstić information content (AvgIpc) is 3.16. The Labute approximate surface area is 149 Å². The maximum Gasteiger partial charge on any atom is 0.305 e. The quantitative estimate of drug-likeness (QED) is 0.703. The van der Waals surface area contributed by atoms with Crippen LogP contribution >= 0.6 is 0 Å². The highest BCUT2D eigenvalue weighted by Crippen LogP contribution is 2.24. The molecule has 6 heteroatoms. The molecule has 1 heterocycles. The van der Waals surface area contributed by atoms with E-state index in [4.69, 9.17) is 4.42 Å². The van der Waals surface area contributed by atoms with Crippen LogP contribution in [0.15, 0.2) is 65.1 Å². The second-order valence-electron chi connectivity index (χ2n) is 5.60. The third-order valence-corrected chi connectivity index (χ3v) is 3.88. The fourth-order valence-electron chi connectivity index (χ4n) is 2.40. The first-order valence-corrected chi connectivity index (χ1v) is 8.13. The topological polar surface area (TPSA) is 71.3 Å². The van der Waals surface area contributed by atoms with E-state index in [9.17, 15) is 14.0 Å². The van der Waals surface area contributed by atoms with Gasteiger partial charge in [-0.25, -0.2) is 4.39 Å². The van der Waals surface area contributed by atoms with Gasteiger partial charge in [-0.3, -0.25) is 20.4 Å². The van der Waals surface area contributed by atoms with Crippen LogP contribution in [0, 0.1) is 5.82 Å². The smallest absolute Gasteiger partial charge is 0.305 e. The Bertz CT molecular complexity index is 932. The number of aryl methyl sites for hydroxylation is 1. The van der Waals surface area contributed by atoms with Crippen LogP contribution in [-0.4, -0.2) is 11.8 Å². The Balaban J connectivity index is 1.63. The van der Waals surface area contributed by atoms with Gasteiger partial charge in [-0.05, 0) is 48.4 Å². The number of furan rings is 1. The zero-order valence-electron chi connectivity index (χ0n) is 14.1. The van der Waals surface area contributed by atoms with Gasteiger partial charge in [0.15, 0.2) is 5.76 Å². The maximum absolute atomic E-state index is 13.8. The number of carbonyl (C=O) groups is 2. The van der Waals surface area contributed by atoms with Crippen LogP contribution < -0.4 is 10.9 Å². The molecule has 0 spiro atoms. The number of benzene rings is 2. The number of hydrogen-bond donors (Lipinski definition) is 2. The molecule has 0 aliphatic carbocycles. The Morgan fingerprint density at radius 2 is 1.62 bits per heavy atom. The highest BCUT2D eigenvalue weighted by molar-refractivity contribution is 5.98. The molecule has 26 heavy (non-hydrogen) atoms. The third-order valence-electron chi connectivity index (χ3n) is 3.88. The molecule has 0 bridgehead atoms. The second-order valence-corrected chi connectivity index (χ2v) is 5.60. The van der Waals surface area contributed by atoms with E-state index < -0.39 is 17.6 Å². The number of carbonyl (C=O) groups excluding carboxylic acids is 2. The molecule has 1 aromatic heterocycles. The molecule has 0 atom stereocenters. The van der Waals surface area contributed by atoms with Crippen molar-refractivity contribution in [2.75, 3.05) is 0 Å². The van der Waals surface area contributed by atoms with Crippen molar-refractivity contribution in [3.05, 3.63) is 83.4 Å². The summed E-state index contributed by atoms with van der Waals surface area (Å²) in [4.78, 5) is 24.1. The first-order valence-electron chi connectivity index (χ1n) is 8.13. The van der Waals surface area contributed by atoms with Gasteiger partial charge in [-0.1, -0.05) is 31.2 Å². The summed E-state index contributed by atoms with van der Waals surface area (Å²) in [6.07, 6.45) is 0.876. The second kappa shape index (κ2) is 7.65. The minimum atomic E-state index is -0.633. The van der Waals surface area contributed by atoms with Crippen LogP contribution in [0.25, 0.3) is 11.3 Å². The van der Waals surface area contributed by atoms with Gasteiger partial charge < -0.3 is 4.42 Å². The van der Waals surface area contributed by atoms with E-state index in [1.165, 1.54) is 18.2 Å². The summed E-state index contributed by atoms with van der Waals surface area (Å²) < 4.78 is 19.1. The normalized spacial score (nSPS) is 10.4. The van der Waals surface area contributed by atoms with Crippen LogP contribution in [0.1, 0.15) is 33.4 Å². The van der Waals surface area contributed by atoms with Gasteiger partial charge in [-0.2, -0.15) is 0 Å². The molecule has 2 amide bonds. The van der Waals surface area contributed by atoms with Gasteiger partial charge in [0.25, 0.3) is 5.91 Å². The molecule has 0 saturated carbocycles. The van der Waals surface area contributed by atoms with Gasteiger partial charge in [0.1, 0.15) is 11.6 Å². The highest BCUT2D eigenvalue weighted by Gasteiger charge is 2.15. The van der Waals surface area contributed by atoms with Crippen LogP contribution in [0.2, 0.25) is 0 Å². The Morgan fingerprint density at radius 3 is 2.31 bits per heavy atom. The summed E-state index contributed by atoms with van der Waals surface area (Å²) >= 11 is 0. The van der Waals surface area contributed by atoms with E-state index in [0.717, 1.165) is 12.0 Å². The van der Waals surface area contributed by atoms with E-state index in [0.29, 0.717) is 5.56 Å². The van der Waals surface area contributed by atoms with E-state index in [-0.39, 0.29) is 17.1 Å². The van der Waals surface area contributed by atoms with Gasteiger partial charge in [0.2, 0.25) is 0 Å². The molecule has 2 N–H and O–H groups in total. The van der Waals surface area contributed by atoms with Gasteiger partial charge in [-0.15, -0.1) is 0 Å². The summed E-state index contributed by atoms with van der Waals surface area (Å²) in [5.41, 5.74) is 6.40. The minimum absolute atomic E-state index is 0.0371. The van der Waals surface area contributed by atoms with Gasteiger partial charge in [0.05, 0.1) is 5.56 Å². The predicted octanol–water partition coefficient (Wildman–Crippen LogP) is 3.72. The van der Waals surface area contributed by atoms with Crippen molar-refractivity contribution in [2.45, 2.75) is 13.3 Å². The zero-order valence-corrected chi connectivity index (χ0v) is 14.1. The molecule has 3 rings (SSSR count). The summed E-state index contributed by atoms with van der Waals surface area (Å²) in [5, 5.41) is 0. The van der Waals surface area contributed by atoms with Crippen LogP contribution in [0.5, 0.6) is 0 Å².